The monoisotopic (exact) mass is 398 g/mol. The van der Waals surface area contributed by atoms with Crippen LogP contribution in [0, 0.1) is 0 Å². The summed E-state index contributed by atoms with van der Waals surface area (Å²) in [5.41, 5.74) is 2.37. The molecule has 1 fully saturated rings. The summed E-state index contributed by atoms with van der Waals surface area (Å²) in [5.74, 6) is -2.04. The van der Waals surface area contributed by atoms with E-state index in [1.54, 1.807) is 36.9 Å². The first kappa shape index (κ1) is 20.1. The minimum absolute atomic E-state index is 0.279. The fourth-order valence-electron chi connectivity index (χ4n) is 3.03. The Morgan fingerprint density at radius 3 is 2.52 bits per heavy atom. The number of amides is 4. The smallest absolute Gasteiger partial charge is 0.355 e. The first-order chi connectivity index (χ1) is 13.8. The Hall–Kier alpha value is -3.62. The Kier molecular flexibility index (Phi) is 5.67. The molecule has 1 atom stereocenters. The van der Waals surface area contributed by atoms with Gasteiger partial charge >= 0.3 is 12.0 Å². The van der Waals surface area contributed by atoms with Gasteiger partial charge in [-0.15, -0.1) is 0 Å². The molecule has 4 amide bonds. The van der Waals surface area contributed by atoms with Crippen LogP contribution in [0.15, 0.2) is 48.7 Å². The van der Waals surface area contributed by atoms with E-state index >= 15 is 0 Å². The van der Waals surface area contributed by atoms with Crippen molar-refractivity contribution in [3.63, 3.8) is 0 Å². The number of imide groups is 1. The number of urea groups is 1. The maximum Gasteiger partial charge on any atom is 0.355 e. The van der Waals surface area contributed by atoms with Gasteiger partial charge in [0.05, 0.1) is 0 Å². The van der Waals surface area contributed by atoms with Crippen molar-refractivity contribution >= 4 is 23.8 Å². The summed E-state index contributed by atoms with van der Waals surface area (Å²) < 4.78 is 6.48. The van der Waals surface area contributed by atoms with Crippen molar-refractivity contribution < 1.29 is 23.9 Å². The molecule has 1 aromatic heterocycles. The van der Waals surface area contributed by atoms with Gasteiger partial charge in [0, 0.05) is 13.2 Å². The highest BCUT2D eigenvalue weighted by atomic mass is 16.5. The standard InChI is InChI=1S/C20H22N4O5/c1-20(11-10-14-7-4-3-5-8-14)18(27)24(19(28)21-20)22-16(25)13-29-17(26)15-9-6-12-23(15)2/h3-9,12H,10-11,13H2,1-2H3,(H,21,28)(H,22,25)/t20-/m1/s1. The SMILES string of the molecule is Cn1cccc1C(=O)OCC(=O)NN1C(=O)N[C@](C)(CCc2ccccc2)C1=O. The lowest BCUT2D eigenvalue weighted by Crippen LogP contribution is -2.50. The number of rotatable bonds is 7. The number of nitrogens with one attached hydrogen (secondary N) is 2. The number of aromatic nitrogens is 1. The second-order valence-electron chi connectivity index (χ2n) is 7.00. The molecule has 0 spiro atoms. The summed E-state index contributed by atoms with van der Waals surface area (Å²) in [4.78, 5) is 48.9. The van der Waals surface area contributed by atoms with Gasteiger partial charge in [0.2, 0.25) is 0 Å². The van der Waals surface area contributed by atoms with E-state index in [4.69, 9.17) is 4.74 Å². The van der Waals surface area contributed by atoms with Crippen LogP contribution in [-0.4, -0.2) is 45.5 Å². The third-order valence-corrected chi connectivity index (χ3v) is 4.74. The van der Waals surface area contributed by atoms with Crippen LogP contribution in [0.2, 0.25) is 0 Å². The molecule has 2 heterocycles. The van der Waals surface area contributed by atoms with E-state index in [9.17, 15) is 19.2 Å². The molecular formula is C20H22N4O5. The Morgan fingerprint density at radius 1 is 1.14 bits per heavy atom. The van der Waals surface area contributed by atoms with Crippen molar-refractivity contribution in [1.82, 2.24) is 20.3 Å². The van der Waals surface area contributed by atoms with E-state index in [-0.39, 0.29) is 5.69 Å². The van der Waals surface area contributed by atoms with E-state index in [2.05, 4.69) is 10.7 Å². The second-order valence-corrected chi connectivity index (χ2v) is 7.00. The van der Waals surface area contributed by atoms with Gasteiger partial charge in [-0.3, -0.25) is 15.0 Å². The first-order valence-corrected chi connectivity index (χ1v) is 9.09. The van der Waals surface area contributed by atoms with E-state index in [0.29, 0.717) is 17.9 Å². The number of hydrogen-bond acceptors (Lipinski definition) is 5. The Morgan fingerprint density at radius 2 is 1.86 bits per heavy atom. The van der Waals surface area contributed by atoms with Crippen molar-refractivity contribution in [2.45, 2.75) is 25.3 Å². The number of hydrogen-bond donors (Lipinski definition) is 2. The third kappa shape index (κ3) is 4.45. The highest BCUT2D eigenvalue weighted by Crippen LogP contribution is 2.22. The summed E-state index contributed by atoms with van der Waals surface area (Å²) in [5, 5.41) is 3.24. The molecule has 152 valence electrons. The number of ether oxygens (including phenoxy) is 1. The minimum atomic E-state index is -1.14. The molecule has 0 radical (unpaired) electrons. The number of hydrazine groups is 1. The molecule has 0 saturated carbocycles. The highest BCUT2D eigenvalue weighted by molar-refractivity contribution is 6.07. The van der Waals surface area contributed by atoms with Crippen LogP contribution in [-0.2, 0) is 27.8 Å². The summed E-state index contributed by atoms with van der Waals surface area (Å²) in [6.45, 7) is 0.986. The molecule has 2 aromatic rings. The molecule has 3 rings (SSSR count). The zero-order chi connectivity index (χ0) is 21.0. The predicted molar refractivity (Wildman–Crippen MR) is 102 cm³/mol. The molecule has 0 aliphatic carbocycles. The largest absolute Gasteiger partial charge is 0.451 e. The molecule has 29 heavy (non-hydrogen) atoms. The van der Waals surface area contributed by atoms with E-state index < -0.39 is 36.0 Å². The quantitative estimate of drug-likeness (QED) is 0.537. The van der Waals surface area contributed by atoms with Crippen LogP contribution in [0.4, 0.5) is 4.79 Å². The predicted octanol–water partition coefficient (Wildman–Crippen LogP) is 1.16. The molecule has 9 nitrogen and oxygen atoms in total. The normalized spacial score (nSPS) is 18.5. The molecule has 1 aliphatic heterocycles. The molecule has 9 heteroatoms. The lowest BCUT2D eigenvalue weighted by atomic mass is 9.93. The molecule has 1 aromatic carbocycles. The van der Waals surface area contributed by atoms with Crippen LogP contribution >= 0.6 is 0 Å². The maximum atomic E-state index is 12.7. The average Bonchev–Trinajstić information content (AvgIpc) is 3.22. The van der Waals surface area contributed by atoms with E-state index in [1.165, 1.54) is 0 Å². The van der Waals surface area contributed by atoms with Crippen LogP contribution in [0.1, 0.15) is 29.4 Å². The van der Waals surface area contributed by atoms with Gasteiger partial charge in [-0.2, -0.15) is 5.01 Å². The zero-order valence-corrected chi connectivity index (χ0v) is 16.2. The number of aryl methyl sites for hydroxylation is 2. The third-order valence-electron chi connectivity index (χ3n) is 4.74. The van der Waals surface area contributed by atoms with Crippen LogP contribution in [0.5, 0.6) is 0 Å². The summed E-state index contributed by atoms with van der Waals surface area (Å²) in [7, 11) is 1.67. The summed E-state index contributed by atoms with van der Waals surface area (Å²) in [6.07, 6.45) is 2.62. The van der Waals surface area contributed by atoms with Crippen molar-refractivity contribution in [3.05, 3.63) is 59.9 Å². The highest BCUT2D eigenvalue weighted by Gasteiger charge is 2.48. The fraction of sp³-hybridized carbons (Fsp3) is 0.300. The van der Waals surface area contributed by atoms with Gasteiger partial charge in [-0.1, -0.05) is 30.3 Å². The summed E-state index contributed by atoms with van der Waals surface area (Å²) in [6, 6.07) is 12.1. The summed E-state index contributed by atoms with van der Waals surface area (Å²) >= 11 is 0. The van der Waals surface area contributed by atoms with Crippen molar-refractivity contribution in [2.75, 3.05) is 6.61 Å². The van der Waals surface area contributed by atoms with Gasteiger partial charge in [-0.05, 0) is 37.5 Å². The van der Waals surface area contributed by atoms with Crippen molar-refractivity contribution in [1.29, 1.82) is 0 Å². The average molecular weight is 398 g/mol. The Labute approximate surface area is 167 Å². The van der Waals surface area contributed by atoms with Gasteiger partial charge in [0.1, 0.15) is 11.2 Å². The maximum absolute atomic E-state index is 12.7. The molecule has 2 N–H and O–H groups in total. The second kappa shape index (κ2) is 8.17. The van der Waals surface area contributed by atoms with E-state index in [0.717, 1.165) is 5.56 Å². The van der Waals surface area contributed by atoms with Crippen molar-refractivity contribution in [3.8, 4) is 0 Å². The molecule has 1 saturated heterocycles. The minimum Gasteiger partial charge on any atom is -0.451 e. The lowest BCUT2D eigenvalue weighted by Gasteiger charge is -2.21. The van der Waals surface area contributed by atoms with Crippen LogP contribution in [0.25, 0.3) is 0 Å². The number of carbonyl (C=O) groups is 4. The van der Waals surface area contributed by atoms with Gasteiger partial charge in [0.25, 0.3) is 11.8 Å². The van der Waals surface area contributed by atoms with Gasteiger partial charge in [0.15, 0.2) is 6.61 Å². The van der Waals surface area contributed by atoms with Crippen LogP contribution < -0.4 is 10.7 Å². The van der Waals surface area contributed by atoms with Crippen molar-refractivity contribution in [2.24, 2.45) is 7.05 Å². The van der Waals surface area contributed by atoms with Gasteiger partial charge in [-0.25, -0.2) is 9.59 Å². The van der Waals surface area contributed by atoms with E-state index in [1.807, 2.05) is 30.3 Å². The lowest BCUT2D eigenvalue weighted by molar-refractivity contribution is -0.140. The Balaban J connectivity index is 1.54. The fourth-order valence-corrected chi connectivity index (χ4v) is 3.03. The molecule has 0 unspecified atom stereocenters. The Bertz CT molecular complexity index is 939. The first-order valence-electron chi connectivity index (χ1n) is 9.09. The van der Waals surface area contributed by atoms with Crippen LogP contribution in [0.3, 0.4) is 0 Å². The topological polar surface area (TPSA) is 110 Å². The van der Waals surface area contributed by atoms with Gasteiger partial charge < -0.3 is 14.6 Å². The number of esters is 1. The number of benzene rings is 1. The number of carbonyl (C=O) groups excluding carboxylic acids is 4. The molecule has 1 aliphatic rings. The zero-order valence-electron chi connectivity index (χ0n) is 16.2. The number of nitrogens with zero attached hydrogens (tertiary/aromatic N) is 2. The molecular weight excluding hydrogens is 376 g/mol. The molecule has 0 bridgehead atoms.